The molecule has 0 aliphatic rings. The van der Waals surface area contributed by atoms with Crippen LogP contribution < -0.4 is 0 Å². The summed E-state index contributed by atoms with van der Waals surface area (Å²) in [5.41, 5.74) is 1.61. The molecule has 35 heavy (non-hydrogen) atoms. The van der Waals surface area contributed by atoms with E-state index >= 15 is 0 Å². The average molecular weight is 546 g/mol. The summed E-state index contributed by atoms with van der Waals surface area (Å²) in [5, 5.41) is 10.2. The summed E-state index contributed by atoms with van der Waals surface area (Å²) < 4.78 is 7.35. The van der Waals surface area contributed by atoms with Gasteiger partial charge in [-0.2, -0.15) is 0 Å². The van der Waals surface area contributed by atoms with E-state index < -0.39 is 24.1 Å². The predicted octanol–water partition coefficient (Wildman–Crippen LogP) is 8.50. The molecule has 0 bridgehead atoms. The molecule has 4 nitrogen and oxygen atoms in total. The number of aldehydes is 1. The van der Waals surface area contributed by atoms with Crippen LogP contribution in [0.15, 0.2) is 59.1 Å². The third-order valence-corrected chi connectivity index (χ3v) is 6.99. The number of hydrogen-bond acceptors (Lipinski definition) is 3. The van der Waals surface area contributed by atoms with Gasteiger partial charge in [-0.3, -0.25) is 4.79 Å². The van der Waals surface area contributed by atoms with Crippen molar-refractivity contribution in [3.63, 3.8) is 0 Å². The van der Waals surface area contributed by atoms with Gasteiger partial charge in [0, 0.05) is 10.9 Å². The Morgan fingerprint density at radius 1 is 0.857 bits per heavy atom. The molecule has 0 saturated heterocycles. The van der Waals surface area contributed by atoms with Crippen molar-refractivity contribution in [1.82, 2.24) is 0 Å². The molecule has 2 aromatic carbocycles. The molecule has 3 unspecified atom stereocenters. The summed E-state index contributed by atoms with van der Waals surface area (Å²) in [7, 11) is 0. The number of halogens is 1. The molecule has 0 aliphatic carbocycles. The van der Waals surface area contributed by atoms with Gasteiger partial charge in [0.15, 0.2) is 0 Å². The molecule has 0 amide bonds. The zero-order chi connectivity index (χ0) is 25.5. The largest absolute Gasteiger partial charge is 0.481 e. The summed E-state index contributed by atoms with van der Waals surface area (Å²) in [4.78, 5) is 23.8. The Labute approximate surface area is 219 Å². The fraction of sp³-hybridized carbons (Fsp3) is 0.533. The van der Waals surface area contributed by atoms with E-state index in [4.69, 9.17) is 4.74 Å². The SMILES string of the molecule is CC(C)CCCCCCCCCC(OC(CC=O)c1ccccc1)C(C(=O)O)c1ccc(Br)cc1. The number of carbonyl (C=O) groups excluding carboxylic acids is 1. The number of carboxylic acid groups (broad SMARTS) is 1. The van der Waals surface area contributed by atoms with E-state index in [0.29, 0.717) is 12.0 Å². The summed E-state index contributed by atoms with van der Waals surface area (Å²) >= 11 is 3.43. The topological polar surface area (TPSA) is 63.6 Å². The molecular formula is C30H41BrO4. The monoisotopic (exact) mass is 544 g/mol. The van der Waals surface area contributed by atoms with Gasteiger partial charge >= 0.3 is 5.97 Å². The molecule has 0 aromatic heterocycles. The molecule has 2 rings (SSSR count). The first-order valence-corrected chi connectivity index (χ1v) is 13.8. The van der Waals surface area contributed by atoms with Crippen molar-refractivity contribution >= 4 is 28.2 Å². The van der Waals surface area contributed by atoms with Crippen LogP contribution in [0, 0.1) is 5.92 Å². The molecule has 0 aliphatic heterocycles. The fourth-order valence-corrected chi connectivity index (χ4v) is 4.78. The number of carboxylic acids is 1. The standard InChI is InChI=1S/C30H41BrO4/c1-23(2)13-9-6-4-3-5-7-12-16-28(29(30(33)34)25-17-19-26(31)20-18-25)35-27(21-22-32)24-14-10-8-11-15-24/h8,10-11,14-15,17-20,22-23,27-29H,3-7,9,12-13,16,21H2,1-2H3,(H,33,34). The maximum absolute atomic E-state index is 12.4. The van der Waals surface area contributed by atoms with Crippen LogP contribution in [0.2, 0.25) is 0 Å². The Balaban J connectivity index is 2.06. The summed E-state index contributed by atoms with van der Waals surface area (Å²) in [6.07, 6.45) is 10.2. The van der Waals surface area contributed by atoms with Crippen LogP contribution in [-0.2, 0) is 14.3 Å². The second-order valence-corrected chi connectivity index (χ2v) is 10.7. The number of rotatable bonds is 18. The van der Waals surface area contributed by atoms with Crippen LogP contribution in [-0.4, -0.2) is 23.5 Å². The maximum Gasteiger partial charge on any atom is 0.313 e. The number of aliphatic carboxylic acids is 1. The van der Waals surface area contributed by atoms with Crippen LogP contribution in [0.1, 0.15) is 101 Å². The van der Waals surface area contributed by atoms with Crippen molar-refractivity contribution in [1.29, 1.82) is 0 Å². The Kier molecular flexibility index (Phi) is 13.9. The van der Waals surface area contributed by atoms with Gasteiger partial charge in [-0.05, 0) is 35.6 Å². The Hall–Kier alpha value is -1.98. The first-order valence-electron chi connectivity index (χ1n) is 13.0. The third kappa shape index (κ3) is 11.1. The van der Waals surface area contributed by atoms with Gasteiger partial charge in [0.05, 0.1) is 12.2 Å². The van der Waals surface area contributed by atoms with Gasteiger partial charge in [-0.15, -0.1) is 0 Å². The molecule has 1 N–H and O–H groups in total. The smallest absolute Gasteiger partial charge is 0.313 e. The average Bonchev–Trinajstić information content (AvgIpc) is 2.84. The van der Waals surface area contributed by atoms with Gasteiger partial charge in [0.2, 0.25) is 0 Å². The second kappa shape index (κ2) is 16.6. The molecular weight excluding hydrogens is 504 g/mol. The molecule has 0 fully saturated rings. The van der Waals surface area contributed by atoms with E-state index in [1.54, 1.807) is 0 Å². The van der Waals surface area contributed by atoms with Gasteiger partial charge in [-0.1, -0.05) is 124 Å². The molecule has 2 aromatic rings. The van der Waals surface area contributed by atoms with Gasteiger partial charge in [0.1, 0.15) is 12.2 Å². The molecule has 192 valence electrons. The van der Waals surface area contributed by atoms with E-state index in [1.807, 2.05) is 54.6 Å². The van der Waals surface area contributed by atoms with Crippen LogP contribution in [0.25, 0.3) is 0 Å². The highest BCUT2D eigenvalue weighted by Gasteiger charge is 2.32. The van der Waals surface area contributed by atoms with Gasteiger partial charge in [-0.25, -0.2) is 0 Å². The van der Waals surface area contributed by atoms with Crippen molar-refractivity contribution in [2.45, 2.75) is 96.2 Å². The number of ether oxygens (including phenoxy) is 1. The molecule has 0 saturated carbocycles. The van der Waals surface area contributed by atoms with E-state index in [2.05, 4.69) is 29.8 Å². The predicted molar refractivity (Wildman–Crippen MR) is 146 cm³/mol. The minimum absolute atomic E-state index is 0.198. The van der Waals surface area contributed by atoms with E-state index in [0.717, 1.165) is 41.5 Å². The molecule has 5 heteroatoms. The van der Waals surface area contributed by atoms with Crippen molar-refractivity contribution in [3.8, 4) is 0 Å². The van der Waals surface area contributed by atoms with Crippen LogP contribution in [0.3, 0.4) is 0 Å². The van der Waals surface area contributed by atoms with Crippen LogP contribution >= 0.6 is 15.9 Å². The Morgan fingerprint density at radius 3 is 1.97 bits per heavy atom. The van der Waals surface area contributed by atoms with Crippen molar-refractivity contribution in [2.24, 2.45) is 5.92 Å². The Morgan fingerprint density at radius 2 is 1.43 bits per heavy atom. The summed E-state index contributed by atoms with van der Waals surface area (Å²) in [6.45, 7) is 4.54. The van der Waals surface area contributed by atoms with Crippen LogP contribution in [0.4, 0.5) is 0 Å². The minimum Gasteiger partial charge on any atom is -0.481 e. The van der Waals surface area contributed by atoms with Gasteiger partial charge < -0.3 is 14.6 Å². The highest BCUT2D eigenvalue weighted by Crippen LogP contribution is 2.33. The lowest BCUT2D eigenvalue weighted by molar-refractivity contribution is -0.145. The molecule has 3 atom stereocenters. The summed E-state index contributed by atoms with van der Waals surface area (Å²) in [5.74, 6) is -0.920. The van der Waals surface area contributed by atoms with Crippen LogP contribution in [0.5, 0.6) is 0 Å². The first kappa shape index (κ1) is 29.3. The summed E-state index contributed by atoms with van der Waals surface area (Å²) in [6, 6.07) is 17.0. The second-order valence-electron chi connectivity index (χ2n) is 9.79. The van der Waals surface area contributed by atoms with Gasteiger partial charge in [0.25, 0.3) is 0 Å². The molecule has 0 spiro atoms. The van der Waals surface area contributed by atoms with E-state index in [-0.39, 0.29) is 6.42 Å². The quantitative estimate of drug-likeness (QED) is 0.151. The first-order chi connectivity index (χ1) is 16.9. The lowest BCUT2D eigenvalue weighted by Crippen LogP contribution is -2.30. The zero-order valence-corrected chi connectivity index (χ0v) is 22.8. The van der Waals surface area contributed by atoms with E-state index in [9.17, 15) is 14.7 Å². The van der Waals surface area contributed by atoms with Crippen molar-refractivity contribution in [3.05, 3.63) is 70.2 Å². The molecule has 0 heterocycles. The Bertz CT molecular complexity index is 850. The normalized spacial score (nSPS) is 13.9. The highest BCUT2D eigenvalue weighted by molar-refractivity contribution is 9.10. The van der Waals surface area contributed by atoms with Crippen molar-refractivity contribution < 1.29 is 19.4 Å². The number of benzene rings is 2. The minimum atomic E-state index is -0.902. The number of hydrogen-bond donors (Lipinski definition) is 1. The fourth-order valence-electron chi connectivity index (χ4n) is 4.52. The molecule has 0 radical (unpaired) electrons. The zero-order valence-electron chi connectivity index (χ0n) is 21.2. The van der Waals surface area contributed by atoms with Crippen molar-refractivity contribution in [2.75, 3.05) is 0 Å². The number of carbonyl (C=O) groups is 2. The third-order valence-electron chi connectivity index (χ3n) is 6.46. The lowest BCUT2D eigenvalue weighted by atomic mass is 9.89. The van der Waals surface area contributed by atoms with E-state index in [1.165, 1.54) is 32.1 Å². The maximum atomic E-state index is 12.4. The highest BCUT2D eigenvalue weighted by atomic mass is 79.9. The number of unbranched alkanes of at least 4 members (excludes halogenated alkanes) is 6. The lowest BCUT2D eigenvalue weighted by Gasteiger charge is -2.29.